The summed E-state index contributed by atoms with van der Waals surface area (Å²) in [5.41, 5.74) is 6.33. The van der Waals surface area contributed by atoms with E-state index in [2.05, 4.69) is 0 Å². The fourth-order valence-electron chi connectivity index (χ4n) is 1.50. The number of aliphatic carboxylic acids is 1. The third kappa shape index (κ3) is 3.56. The number of benzene rings is 1. The number of hydrogen-bond acceptors (Lipinski definition) is 3. The van der Waals surface area contributed by atoms with Crippen molar-refractivity contribution in [1.29, 1.82) is 0 Å². The van der Waals surface area contributed by atoms with Gasteiger partial charge in [-0.05, 0) is 18.1 Å². The second kappa shape index (κ2) is 6.16. The average molecular weight is 250 g/mol. The van der Waals surface area contributed by atoms with Gasteiger partial charge in [-0.3, -0.25) is 14.5 Å². The van der Waals surface area contributed by atoms with Crippen molar-refractivity contribution in [2.45, 2.75) is 19.9 Å². The number of nitrogens with zero attached hydrogens (tertiary/aromatic N) is 1. The van der Waals surface area contributed by atoms with Crippen LogP contribution in [-0.2, 0) is 9.59 Å². The second-order valence-corrected chi connectivity index (χ2v) is 4.42. The van der Waals surface area contributed by atoms with Crippen molar-refractivity contribution >= 4 is 17.6 Å². The minimum atomic E-state index is -1.07. The summed E-state index contributed by atoms with van der Waals surface area (Å²) in [6, 6.07) is 7.97. The highest BCUT2D eigenvalue weighted by Gasteiger charge is 2.26. The lowest BCUT2D eigenvalue weighted by Gasteiger charge is -2.25. The normalized spacial score (nSPS) is 12.2. The number of para-hydroxylation sites is 1. The number of rotatable bonds is 5. The van der Waals surface area contributed by atoms with Crippen LogP contribution in [0.15, 0.2) is 30.3 Å². The highest BCUT2D eigenvalue weighted by atomic mass is 16.4. The number of carbonyl (C=O) groups is 2. The molecule has 3 N–H and O–H groups in total. The Labute approximate surface area is 106 Å². The van der Waals surface area contributed by atoms with Crippen LogP contribution in [0.4, 0.5) is 5.69 Å². The van der Waals surface area contributed by atoms with Crippen molar-refractivity contribution < 1.29 is 14.7 Å². The summed E-state index contributed by atoms with van der Waals surface area (Å²) in [5, 5.41) is 8.88. The Balaban J connectivity index is 2.99. The highest BCUT2D eigenvalue weighted by Crippen LogP contribution is 2.15. The van der Waals surface area contributed by atoms with Crippen LogP contribution in [0.1, 0.15) is 13.8 Å². The van der Waals surface area contributed by atoms with E-state index < -0.39 is 12.0 Å². The maximum atomic E-state index is 12.2. The molecule has 18 heavy (non-hydrogen) atoms. The summed E-state index contributed by atoms with van der Waals surface area (Å²) < 4.78 is 0. The number of carboxylic acid groups (broad SMARTS) is 1. The first-order valence-corrected chi connectivity index (χ1v) is 5.77. The Bertz CT molecular complexity index is 418. The molecule has 1 aromatic carbocycles. The summed E-state index contributed by atoms with van der Waals surface area (Å²) >= 11 is 0. The lowest BCUT2D eigenvalue weighted by atomic mass is 10.0. The van der Waals surface area contributed by atoms with E-state index in [0.717, 1.165) is 0 Å². The Morgan fingerprint density at radius 2 is 1.83 bits per heavy atom. The molecule has 1 amide bonds. The van der Waals surface area contributed by atoms with Crippen molar-refractivity contribution in [2.24, 2.45) is 11.7 Å². The Morgan fingerprint density at radius 1 is 1.28 bits per heavy atom. The maximum Gasteiger partial charge on any atom is 0.323 e. The van der Waals surface area contributed by atoms with Gasteiger partial charge in [0.25, 0.3) is 0 Å². The molecule has 0 aromatic heterocycles. The molecule has 1 unspecified atom stereocenters. The highest BCUT2D eigenvalue weighted by molar-refractivity contribution is 6.00. The molecule has 0 aliphatic carbocycles. The lowest BCUT2D eigenvalue weighted by Crippen LogP contribution is -2.48. The topological polar surface area (TPSA) is 83.6 Å². The van der Waals surface area contributed by atoms with Crippen molar-refractivity contribution in [3.05, 3.63) is 30.3 Å². The molecule has 1 aromatic rings. The number of carboxylic acids is 1. The summed E-state index contributed by atoms with van der Waals surface area (Å²) in [6.45, 7) is 3.27. The molecule has 1 atom stereocenters. The Hall–Kier alpha value is -1.88. The van der Waals surface area contributed by atoms with Gasteiger partial charge in [0.2, 0.25) is 5.91 Å². The monoisotopic (exact) mass is 250 g/mol. The van der Waals surface area contributed by atoms with Crippen LogP contribution >= 0.6 is 0 Å². The van der Waals surface area contributed by atoms with Crippen LogP contribution in [0.5, 0.6) is 0 Å². The molecule has 0 aliphatic heterocycles. The number of amides is 1. The van der Waals surface area contributed by atoms with Gasteiger partial charge >= 0.3 is 5.97 Å². The van der Waals surface area contributed by atoms with Crippen molar-refractivity contribution in [2.75, 3.05) is 11.4 Å². The van der Waals surface area contributed by atoms with Crippen LogP contribution < -0.4 is 10.6 Å². The van der Waals surface area contributed by atoms with E-state index in [1.165, 1.54) is 4.90 Å². The van der Waals surface area contributed by atoms with E-state index in [1.54, 1.807) is 30.3 Å². The zero-order valence-corrected chi connectivity index (χ0v) is 10.5. The summed E-state index contributed by atoms with van der Waals surface area (Å²) in [4.78, 5) is 24.2. The first kappa shape index (κ1) is 14.2. The van der Waals surface area contributed by atoms with E-state index in [-0.39, 0.29) is 18.4 Å². The van der Waals surface area contributed by atoms with Crippen molar-refractivity contribution in [1.82, 2.24) is 0 Å². The summed E-state index contributed by atoms with van der Waals surface area (Å²) in [5.74, 6) is -1.49. The predicted octanol–water partition coefficient (Wildman–Crippen LogP) is 1.09. The Morgan fingerprint density at radius 3 is 2.28 bits per heavy atom. The van der Waals surface area contributed by atoms with Crippen LogP contribution in [-0.4, -0.2) is 29.6 Å². The van der Waals surface area contributed by atoms with Gasteiger partial charge in [0.05, 0.1) is 6.04 Å². The van der Waals surface area contributed by atoms with Crippen LogP contribution in [0, 0.1) is 5.92 Å². The van der Waals surface area contributed by atoms with E-state index in [9.17, 15) is 9.59 Å². The largest absolute Gasteiger partial charge is 0.480 e. The van der Waals surface area contributed by atoms with Crippen LogP contribution in [0.3, 0.4) is 0 Å². The molecular weight excluding hydrogens is 232 g/mol. The van der Waals surface area contributed by atoms with Gasteiger partial charge in [-0.15, -0.1) is 0 Å². The third-order valence-corrected chi connectivity index (χ3v) is 2.63. The van der Waals surface area contributed by atoms with Crippen LogP contribution in [0.2, 0.25) is 0 Å². The summed E-state index contributed by atoms with van der Waals surface area (Å²) in [6.07, 6.45) is 0. The standard InChI is InChI=1S/C13H18N2O3/c1-9(2)12(14)13(18)15(8-11(16)17)10-6-4-3-5-7-10/h3-7,9,12H,8,14H2,1-2H3,(H,16,17). The lowest BCUT2D eigenvalue weighted by molar-refractivity contribution is -0.136. The SMILES string of the molecule is CC(C)C(N)C(=O)N(CC(=O)O)c1ccccc1. The molecule has 0 radical (unpaired) electrons. The minimum absolute atomic E-state index is 0.0440. The number of hydrogen-bond donors (Lipinski definition) is 2. The molecule has 98 valence electrons. The zero-order valence-electron chi connectivity index (χ0n) is 10.5. The molecule has 0 saturated carbocycles. The first-order valence-electron chi connectivity index (χ1n) is 5.77. The second-order valence-electron chi connectivity index (χ2n) is 4.42. The molecule has 0 heterocycles. The predicted molar refractivity (Wildman–Crippen MR) is 69.2 cm³/mol. The molecule has 5 heteroatoms. The molecule has 0 aliphatic rings. The van der Waals surface area contributed by atoms with Gasteiger partial charge in [-0.2, -0.15) is 0 Å². The van der Waals surface area contributed by atoms with Crippen molar-refractivity contribution in [3.8, 4) is 0 Å². The molecule has 0 saturated heterocycles. The van der Waals surface area contributed by atoms with Gasteiger partial charge in [0.15, 0.2) is 0 Å². The van der Waals surface area contributed by atoms with Crippen LogP contribution in [0.25, 0.3) is 0 Å². The van der Waals surface area contributed by atoms with Gasteiger partial charge in [0.1, 0.15) is 6.54 Å². The van der Waals surface area contributed by atoms with E-state index in [0.29, 0.717) is 5.69 Å². The van der Waals surface area contributed by atoms with E-state index >= 15 is 0 Å². The smallest absolute Gasteiger partial charge is 0.323 e. The number of anilines is 1. The molecule has 0 fully saturated rings. The minimum Gasteiger partial charge on any atom is -0.480 e. The molecule has 0 spiro atoms. The number of carbonyl (C=O) groups excluding carboxylic acids is 1. The Kier molecular flexibility index (Phi) is 4.85. The first-order chi connectivity index (χ1) is 8.43. The quantitative estimate of drug-likeness (QED) is 0.819. The fourth-order valence-corrected chi connectivity index (χ4v) is 1.50. The maximum absolute atomic E-state index is 12.2. The van der Waals surface area contributed by atoms with Gasteiger partial charge in [0, 0.05) is 5.69 Å². The van der Waals surface area contributed by atoms with E-state index in [1.807, 2.05) is 13.8 Å². The zero-order chi connectivity index (χ0) is 13.7. The molecular formula is C13H18N2O3. The van der Waals surface area contributed by atoms with Crippen molar-refractivity contribution in [3.63, 3.8) is 0 Å². The van der Waals surface area contributed by atoms with Gasteiger partial charge in [-0.1, -0.05) is 32.0 Å². The average Bonchev–Trinajstić information content (AvgIpc) is 2.35. The summed E-state index contributed by atoms with van der Waals surface area (Å²) in [7, 11) is 0. The molecule has 0 bridgehead atoms. The fraction of sp³-hybridized carbons (Fsp3) is 0.385. The third-order valence-electron chi connectivity index (χ3n) is 2.63. The van der Waals surface area contributed by atoms with Gasteiger partial charge < -0.3 is 10.8 Å². The van der Waals surface area contributed by atoms with E-state index in [4.69, 9.17) is 10.8 Å². The molecule has 1 rings (SSSR count). The number of nitrogens with two attached hydrogens (primary N) is 1. The molecule has 5 nitrogen and oxygen atoms in total. The van der Waals surface area contributed by atoms with Gasteiger partial charge in [-0.25, -0.2) is 0 Å².